The molecule has 0 amide bonds. The lowest BCUT2D eigenvalue weighted by Gasteiger charge is -1.87. The Hall–Kier alpha value is -1.58. The SMILES string of the molecule is O=C(O)c1cc2c([nH]1)C(=O)CC2. The summed E-state index contributed by atoms with van der Waals surface area (Å²) in [6, 6.07) is 1.53. The summed E-state index contributed by atoms with van der Waals surface area (Å²) in [5, 5.41) is 8.59. The van der Waals surface area contributed by atoms with Gasteiger partial charge in [0.15, 0.2) is 5.78 Å². The number of fused-ring (bicyclic) bond motifs is 1. The second kappa shape index (κ2) is 2.20. The number of aromatic carboxylic acids is 1. The van der Waals surface area contributed by atoms with Gasteiger partial charge in [-0.25, -0.2) is 4.79 Å². The van der Waals surface area contributed by atoms with Crippen molar-refractivity contribution in [3.8, 4) is 0 Å². The Morgan fingerprint density at radius 1 is 1.50 bits per heavy atom. The first-order valence-electron chi connectivity index (χ1n) is 3.67. The van der Waals surface area contributed by atoms with Crippen LogP contribution < -0.4 is 0 Å². The van der Waals surface area contributed by atoms with E-state index in [0.717, 1.165) is 5.56 Å². The molecule has 12 heavy (non-hydrogen) atoms. The van der Waals surface area contributed by atoms with E-state index in [0.29, 0.717) is 18.5 Å². The minimum atomic E-state index is -1.02. The monoisotopic (exact) mass is 165 g/mol. The average molecular weight is 165 g/mol. The number of aryl methyl sites for hydroxylation is 1. The van der Waals surface area contributed by atoms with Crippen LogP contribution in [0.4, 0.5) is 0 Å². The van der Waals surface area contributed by atoms with E-state index in [9.17, 15) is 9.59 Å². The van der Waals surface area contributed by atoms with Crippen LogP contribution in [-0.2, 0) is 6.42 Å². The van der Waals surface area contributed by atoms with Crippen molar-refractivity contribution in [2.45, 2.75) is 12.8 Å². The molecule has 0 saturated carbocycles. The third-order valence-electron chi connectivity index (χ3n) is 2.03. The summed E-state index contributed by atoms with van der Waals surface area (Å²) < 4.78 is 0. The van der Waals surface area contributed by atoms with Gasteiger partial charge in [0.25, 0.3) is 0 Å². The van der Waals surface area contributed by atoms with Crippen LogP contribution in [0, 0.1) is 0 Å². The number of carboxylic acid groups (broad SMARTS) is 1. The van der Waals surface area contributed by atoms with Crippen molar-refractivity contribution in [2.75, 3.05) is 0 Å². The van der Waals surface area contributed by atoms with E-state index >= 15 is 0 Å². The maximum Gasteiger partial charge on any atom is 0.352 e. The summed E-state index contributed by atoms with van der Waals surface area (Å²) in [7, 11) is 0. The molecule has 4 nitrogen and oxygen atoms in total. The molecule has 0 spiro atoms. The molecule has 1 heterocycles. The van der Waals surface area contributed by atoms with Gasteiger partial charge < -0.3 is 10.1 Å². The third-order valence-corrected chi connectivity index (χ3v) is 2.03. The van der Waals surface area contributed by atoms with Gasteiger partial charge in [0, 0.05) is 6.42 Å². The van der Waals surface area contributed by atoms with Crippen LogP contribution in [0.2, 0.25) is 0 Å². The molecule has 0 aromatic carbocycles. The van der Waals surface area contributed by atoms with E-state index in [-0.39, 0.29) is 11.5 Å². The van der Waals surface area contributed by atoms with E-state index in [2.05, 4.69) is 4.98 Å². The Labute approximate surface area is 68.2 Å². The largest absolute Gasteiger partial charge is 0.477 e. The van der Waals surface area contributed by atoms with Crippen molar-refractivity contribution in [1.29, 1.82) is 0 Å². The van der Waals surface area contributed by atoms with Crippen LogP contribution in [0.5, 0.6) is 0 Å². The van der Waals surface area contributed by atoms with Gasteiger partial charge in [0.1, 0.15) is 5.69 Å². The quantitative estimate of drug-likeness (QED) is 0.647. The van der Waals surface area contributed by atoms with Crippen LogP contribution in [0.3, 0.4) is 0 Å². The molecule has 1 aromatic heterocycles. The fourth-order valence-electron chi connectivity index (χ4n) is 1.43. The number of carbonyl (C=O) groups excluding carboxylic acids is 1. The number of aromatic amines is 1. The minimum absolute atomic E-state index is 0.0116. The normalized spacial score (nSPS) is 14.8. The van der Waals surface area contributed by atoms with Gasteiger partial charge in [0.2, 0.25) is 0 Å². The van der Waals surface area contributed by atoms with Gasteiger partial charge in [-0.2, -0.15) is 0 Å². The van der Waals surface area contributed by atoms with Crippen LogP contribution in [0.1, 0.15) is 33.0 Å². The summed E-state index contributed by atoms with van der Waals surface area (Å²) in [5.41, 5.74) is 1.41. The van der Waals surface area contributed by atoms with Crippen molar-refractivity contribution < 1.29 is 14.7 Å². The molecule has 62 valence electrons. The van der Waals surface area contributed by atoms with E-state index in [1.807, 2.05) is 0 Å². The highest BCUT2D eigenvalue weighted by molar-refractivity contribution is 6.00. The molecular weight excluding hydrogens is 158 g/mol. The zero-order valence-electron chi connectivity index (χ0n) is 6.26. The number of hydrogen-bond acceptors (Lipinski definition) is 2. The summed E-state index contributed by atoms with van der Waals surface area (Å²) in [5.74, 6) is -1.00. The molecule has 0 saturated heterocycles. The molecule has 0 radical (unpaired) electrons. The van der Waals surface area contributed by atoms with E-state index in [1.54, 1.807) is 0 Å². The van der Waals surface area contributed by atoms with Gasteiger partial charge in [-0.15, -0.1) is 0 Å². The molecular formula is C8H7NO3. The number of Topliss-reactive ketones (excluding diaryl/α,β-unsaturated/α-hetero) is 1. The Morgan fingerprint density at radius 3 is 2.83 bits per heavy atom. The Bertz CT molecular complexity index is 364. The summed E-state index contributed by atoms with van der Waals surface area (Å²) in [6.07, 6.45) is 1.17. The molecule has 1 aromatic rings. The summed E-state index contributed by atoms with van der Waals surface area (Å²) >= 11 is 0. The zero-order chi connectivity index (χ0) is 8.72. The first-order valence-corrected chi connectivity index (χ1v) is 3.67. The van der Waals surface area contributed by atoms with Gasteiger partial charge in [-0.1, -0.05) is 0 Å². The topological polar surface area (TPSA) is 70.2 Å². The molecule has 1 aliphatic carbocycles. The first kappa shape index (κ1) is 7.09. The Morgan fingerprint density at radius 2 is 2.25 bits per heavy atom. The van der Waals surface area contributed by atoms with Crippen LogP contribution in [-0.4, -0.2) is 21.8 Å². The molecule has 0 atom stereocenters. The van der Waals surface area contributed by atoms with Crippen LogP contribution in [0.25, 0.3) is 0 Å². The maximum absolute atomic E-state index is 11.1. The molecule has 2 N–H and O–H groups in total. The number of nitrogens with one attached hydrogen (secondary N) is 1. The third kappa shape index (κ3) is 0.845. The molecule has 0 aliphatic heterocycles. The lowest BCUT2D eigenvalue weighted by atomic mass is 10.2. The fraction of sp³-hybridized carbons (Fsp3) is 0.250. The minimum Gasteiger partial charge on any atom is -0.477 e. The van der Waals surface area contributed by atoms with Gasteiger partial charge >= 0.3 is 5.97 Å². The highest BCUT2D eigenvalue weighted by atomic mass is 16.4. The van der Waals surface area contributed by atoms with Crippen molar-refractivity contribution in [3.05, 3.63) is 23.0 Å². The maximum atomic E-state index is 11.1. The molecule has 0 unspecified atom stereocenters. The Kier molecular flexibility index (Phi) is 1.30. The number of H-pyrrole nitrogens is 1. The van der Waals surface area contributed by atoms with Crippen molar-refractivity contribution in [2.24, 2.45) is 0 Å². The molecule has 1 aliphatic rings. The second-order valence-electron chi connectivity index (χ2n) is 2.81. The number of ketones is 1. The highest BCUT2D eigenvalue weighted by Crippen LogP contribution is 2.21. The van der Waals surface area contributed by atoms with Crippen molar-refractivity contribution in [1.82, 2.24) is 4.98 Å². The predicted molar refractivity (Wildman–Crippen MR) is 40.4 cm³/mol. The second-order valence-corrected chi connectivity index (χ2v) is 2.81. The summed E-state index contributed by atoms with van der Waals surface area (Å²) in [4.78, 5) is 24.1. The first-order chi connectivity index (χ1) is 5.68. The van der Waals surface area contributed by atoms with Crippen LogP contribution in [0.15, 0.2) is 6.07 Å². The molecule has 0 bridgehead atoms. The zero-order valence-corrected chi connectivity index (χ0v) is 6.26. The van der Waals surface area contributed by atoms with E-state index in [1.165, 1.54) is 6.07 Å². The lowest BCUT2D eigenvalue weighted by molar-refractivity contribution is 0.0691. The number of carboxylic acids is 1. The van der Waals surface area contributed by atoms with Gasteiger partial charge in [0.05, 0.1) is 5.69 Å². The fourth-order valence-corrected chi connectivity index (χ4v) is 1.43. The summed E-state index contributed by atoms with van der Waals surface area (Å²) in [6.45, 7) is 0. The van der Waals surface area contributed by atoms with Gasteiger partial charge in [-0.05, 0) is 18.1 Å². The standard InChI is InChI=1S/C8H7NO3/c10-6-2-1-4-3-5(8(11)12)9-7(4)6/h3,9H,1-2H2,(H,11,12). The number of hydrogen-bond donors (Lipinski definition) is 2. The smallest absolute Gasteiger partial charge is 0.352 e. The molecule has 2 rings (SSSR count). The van der Waals surface area contributed by atoms with Crippen molar-refractivity contribution in [3.63, 3.8) is 0 Å². The predicted octanol–water partition coefficient (Wildman–Crippen LogP) is 0.842. The lowest BCUT2D eigenvalue weighted by Crippen LogP contribution is -1.99. The number of carbonyl (C=O) groups is 2. The van der Waals surface area contributed by atoms with E-state index < -0.39 is 5.97 Å². The highest BCUT2D eigenvalue weighted by Gasteiger charge is 2.23. The van der Waals surface area contributed by atoms with E-state index in [4.69, 9.17) is 5.11 Å². The number of rotatable bonds is 1. The average Bonchev–Trinajstić information content (AvgIpc) is 2.53. The molecule has 0 fully saturated rings. The number of aromatic nitrogens is 1. The van der Waals surface area contributed by atoms with Crippen LogP contribution >= 0.6 is 0 Å². The Balaban J connectivity index is 2.49. The van der Waals surface area contributed by atoms with Crippen molar-refractivity contribution >= 4 is 11.8 Å². The van der Waals surface area contributed by atoms with Gasteiger partial charge in [-0.3, -0.25) is 4.79 Å². The molecule has 4 heteroatoms.